The average molecular weight is 473 g/mol. The molecule has 2 aromatic rings. The van der Waals surface area contributed by atoms with Gasteiger partial charge in [0, 0.05) is 25.0 Å². The first-order valence-corrected chi connectivity index (χ1v) is 12.9. The Morgan fingerprint density at radius 3 is 2.27 bits per heavy atom. The largest absolute Gasteiger partial charge is 0.497 e. The van der Waals surface area contributed by atoms with Crippen LogP contribution in [0.15, 0.2) is 47.4 Å². The molecule has 1 N–H and O–H groups in total. The van der Waals surface area contributed by atoms with Crippen LogP contribution in [0, 0.1) is 19.8 Å². The molecule has 4 rings (SSSR count). The van der Waals surface area contributed by atoms with Crippen molar-refractivity contribution in [2.24, 2.45) is 5.92 Å². The molecule has 2 fully saturated rings. The maximum absolute atomic E-state index is 13.4. The van der Waals surface area contributed by atoms with Crippen molar-refractivity contribution in [1.29, 1.82) is 0 Å². The van der Waals surface area contributed by atoms with E-state index >= 15 is 0 Å². The van der Waals surface area contributed by atoms with Gasteiger partial charge < -0.3 is 14.4 Å². The van der Waals surface area contributed by atoms with Gasteiger partial charge in [-0.1, -0.05) is 18.2 Å². The highest BCUT2D eigenvalue weighted by Gasteiger charge is 2.42. The summed E-state index contributed by atoms with van der Waals surface area (Å²) in [6.07, 6.45) is 1.04. The maximum Gasteiger partial charge on any atom is 0.240 e. The molecule has 1 aliphatic carbocycles. The second kappa shape index (κ2) is 9.83. The van der Waals surface area contributed by atoms with Gasteiger partial charge in [-0.2, -0.15) is 0 Å². The van der Waals surface area contributed by atoms with E-state index in [2.05, 4.69) is 4.72 Å². The van der Waals surface area contributed by atoms with E-state index in [0.29, 0.717) is 39.1 Å². The van der Waals surface area contributed by atoms with Gasteiger partial charge in [0.2, 0.25) is 15.9 Å². The zero-order valence-corrected chi connectivity index (χ0v) is 20.2. The van der Waals surface area contributed by atoms with E-state index in [-0.39, 0.29) is 28.7 Å². The molecule has 8 heteroatoms. The minimum atomic E-state index is -3.69. The van der Waals surface area contributed by atoms with Crippen molar-refractivity contribution in [3.05, 3.63) is 59.2 Å². The smallest absolute Gasteiger partial charge is 0.240 e. The summed E-state index contributed by atoms with van der Waals surface area (Å²) in [6.45, 7) is 5.99. The monoisotopic (exact) mass is 472 g/mol. The summed E-state index contributed by atoms with van der Waals surface area (Å²) in [7, 11) is -2.08. The molecule has 2 aliphatic rings. The van der Waals surface area contributed by atoms with Gasteiger partial charge in [0.25, 0.3) is 0 Å². The number of rotatable bonds is 6. The third-order valence-electron chi connectivity index (χ3n) is 6.57. The lowest BCUT2D eigenvalue weighted by Crippen LogP contribution is -2.44. The Hall–Kier alpha value is -2.42. The van der Waals surface area contributed by atoms with Crippen molar-refractivity contribution >= 4 is 15.9 Å². The molecule has 0 unspecified atom stereocenters. The first kappa shape index (κ1) is 23.7. The third kappa shape index (κ3) is 5.39. The second-order valence-electron chi connectivity index (χ2n) is 9.04. The normalized spacial score (nSPS) is 23.5. The van der Waals surface area contributed by atoms with Crippen molar-refractivity contribution in [1.82, 2.24) is 9.62 Å². The highest BCUT2D eigenvalue weighted by Crippen LogP contribution is 2.42. The van der Waals surface area contributed by atoms with Crippen molar-refractivity contribution in [3.63, 3.8) is 0 Å². The van der Waals surface area contributed by atoms with Crippen LogP contribution in [0.5, 0.6) is 5.75 Å². The third-order valence-corrected chi connectivity index (χ3v) is 8.07. The number of morpholine rings is 1. The van der Waals surface area contributed by atoms with Crippen LogP contribution in [0.3, 0.4) is 0 Å². The number of carbonyl (C=O) groups is 1. The molecule has 1 saturated carbocycles. The topological polar surface area (TPSA) is 84.9 Å². The highest BCUT2D eigenvalue weighted by molar-refractivity contribution is 7.89. The SMILES string of the molecule is COc1ccc([C@H]2C[C@H](NS(=O)(=O)c3cc(C)cc(C)c3)C[C@@H]2C(=O)N2CCOCC2)cc1. The maximum atomic E-state index is 13.4. The van der Waals surface area contributed by atoms with E-state index < -0.39 is 10.0 Å². The molecule has 178 valence electrons. The van der Waals surface area contributed by atoms with E-state index in [1.54, 1.807) is 19.2 Å². The fraction of sp³-hybridized carbons (Fsp3) is 0.480. The Kier molecular flexibility index (Phi) is 7.07. The number of methoxy groups -OCH3 is 1. The van der Waals surface area contributed by atoms with Gasteiger partial charge >= 0.3 is 0 Å². The molecule has 1 saturated heterocycles. The number of ether oxygens (including phenoxy) is 2. The predicted octanol–water partition coefficient (Wildman–Crippen LogP) is 3.01. The first-order valence-electron chi connectivity index (χ1n) is 11.4. The van der Waals surface area contributed by atoms with Gasteiger partial charge in [-0.15, -0.1) is 0 Å². The zero-order chi connectivity index (χ0) is 23.6. The summed E-state index contributed by atoms with van der Waals surface area (Å²) in [4.78, 5) is 15.6. The van der Waals surface area contributed by atoms with E-state index in [4.69, 9.17) is 9.47 Å². The van der Waals surface area contributed by atoms with Crippen LogP contribution >= 0.6 is 0 Å². The molecule has 7 nitrogen and oxygen atoms in total. The summed E-state index contributed by atoms with van der Waals surface area (Å²) in [5.41, 5.74) is 2.83. The molecule has 1 heterocycles. The minimum Gasteiger partial charge on any atom is -0.497 e. The number of nitrogens with one attached hydrogen (secondary N) is 1. The Labute approximate surface area is 196 Å². The van der Waals surface area contributed by atoms with Crippen molar-refractivity contribution in [3.8, 4) is 5.75 Å². The van der Waals surface area contributed by atoms with Gasteiger partial charge in [-0.05, 0) is 73.6 Å². The van der Waals surface area contributed by atoms with Crippen LogP contribution in [0.25, 0.3) is 0 Å². The number of sulfonamides is 1. The van der Waals surface area contributed by atoms with Crippen LogP contribution in [0.2, 0.25) is 0 Å². The lowest BCUT2D eigenvalue weighted by molar-refractivity contribution is -0.140. The minimum absolute atomic E-state index is 0.0711. The Bertz CT molecular complexity index is 1070. The summed E-state index contributed by atoms with van der Waals surface area (Å²) < 4.78 is 39.9. The van der Waals surface area contributed by atoms with Gasteiger partial charge in [-0.3, -0.25) is 4.79 Å². The lowest BCUT2D eigenvalue weighted by atomic mass is 9.88. The lowest BCUT2D eigenvalue weighted by Gasteiger charge is -2.31. The molecule has 0 aromatic heterocycles. The van der Waals surface area contributed by atoms with Gasteiger partial charge in [-0.25, -0.2) is 13.1 Å². The molecular formula is C25H32N2O5S. The van der Waals surface area contributed by atoms with Gasteiger partial charge in [0.1, 0.15) is 5.75 Å². The summed E-state index contributed by atoms with van der Waals surface area (Å²) in [5.74, 6) is 0.466. The quantitative estimate of drug-likeness (QED) is 0.699. The number of nitrogens with zero attached hydrogens (tertiary/aromatic N) is 1. The number of hydrogen-bond acceptors (Lipinski definition) is 5. The van der Waals surface area contributed by atoms with E-state index in [9.17, 15) is 13.2 Å². The number of carbonyl (C=O) groups excluding carboxylic acids is 1. The number of benzene rings is 2. The number of hydrogen-bond donors (Lipinski definition) is 1. The van der Waals surface area contributed by atoms with Gasteiger partial charge in [0.05, 0.1) is 25.2 Å². The van der Waals surface area contributed by atoms with Crippen LogP contribution in [-0.4, -0.2) is 58.7 Å². The summed E-state index contributed by atoms with van der Waals surface area (Å²) in [6, 6.07) is 12.7. The molecule has 2 aromatic carbocycles. The molecule has 1 aliphatic heterocycles. The molecule has 0 bridgehead atoms. The van der Waals surface area contributed by atoms with Crippen molar-refractivity contribution < 1.29 is 22.7 Å². The molecule has 0 spiro atoms. The molecule has 1 amide bonds. The van der Waals surface area contributed by atoms with Crippen LogP contribution in [0.4, 0.5) is 0 Å². The molecular weight excluding hydrogens is 440 g/mol. The molecule has 33 heavy (non-hydrogen) atoms. The van der Waals surface area contributed by atoms with E-state index in [1.807, 2.05) is 49.1 Å². The highest BCUT2D eigenvalue weighted by atomic mass is 32.2. The Morgan fingerprint density at radius 2 is 1.67 bits per heavy atom. The zero-order valence-electron chi connectivity index (χ0n) is 19.4. The Morgan fingerprint density at radius 1 is 1.03 bits per heavy atom. The summed E-state index contributed by atoms with van der Waals surface area (Å²) >= 11 is 0. The standard InChI is InChI=1S/C25H32N2O5S/c1-17-12-18(2)14-22(13-17)33(29,30)26-20-15-23(19-4-6-21(31-3)7-5-19)24(16-20)25(28)27-8-10-32-11-9-27/h4-7,12-14,20,23-24,26H,8-11,15-16H2,1-3H3/t20-,23+,24-/m0/s1. The predicted molar refractivity (Wildman–Crippen MR) is 126 cm³/mol. The Balaban J connectivity index is 1.58. The van der Waals surface area contributed by atoms with E-state index in [1.165, 1.54) is 0 Å². The van der Waals surface area contributed by atoms with Gasteiger partial charge in [0.15, 0.2) is 0 Å². The van der Waals surface area contributed by atoms with Crippen LogP contribution < -0.4 is 9.46 Å². The fourth-order valence-electron chi connectivity index (χ4n) is 5.02. The van der Waals surface area contributed by atoms with E-state index in [0.717, 1.165) is 22.4 Å². The second-order valence-corrected chi connectivity index (χ2v) is 10.8. The van der Waals surface area contributed by atoms with Crippen molar-refractivity contribution in [2.75, 3.05) is 33.4 Å². The van der Waals surface area contributed by atoms with Crippen molar-refractivity contribution in [2.45, 2.75) is 43.5 Å². The number of amides is 1. The fourth-order valence-corrected chi connectivity index (χ4v) is 6.47. The average Bonchev–Trinajstić information content (AvgIpc) is 3.21. The van der Waals surface area contributed by atoms with Crippen LogP contribution in [-0.2, 0) is 19.6 Å². The first-order chi connectivity index (χ1) is 15.8. The van der Waals surface area contributed by atoms with Crippen LogP contribution in [0.1, 0.15) is 35.4 Å². The number of aryl methyl sites for hydroxylation is 2. The molecule has 3 atom stereocenters. The summed E-state index contributed by atoms with van der Waals surface area (Å²) in [5, 5.41) is 0. The molecule has 0 radical (unpaired) electrons.